The van der Waals surface area contributed by atoms with Crippen molar-refractivity contribution in [3.8, 4) is 0 Å². The third-order valence-corrected chi connectivity index (χ3v) is 4.07. The monoisotopic (exact) mass is 301 g/mol. The van der Waals surface area contributed by atoms with Crippen LogP contribution in [0.5, 0.6) is 0 Å². The van der Waals surface area contributed by atoms with Gasteiger partial charge in [0, 0.05) is 38.3 Å². The van der Waals surface area contributed by atoms with E-state index in [1.165, 1.54) is 12.1 Å². The molecule has 0 amide bonds. The first-order valence-electron chi connectivity index (χ1n) is 7.12. The van der Waals surface area contributed by atoms with E-state index in [-0.39, 0.29) is 6.04 Å². The highest BCUT2D eigenvalue weighted by Crippen LogP contribution is 2.29. The number of hydrogen-bond acceptors (Lipinski definition) is 3. The second-order valence-electron chi connectivity index (χ2n) is 5.83. The highest BCUT2D eigenvalue weighted by molar-refractivity contribution is 5.26. The van der Waals surface area contributed by atoms with E-state index < -0.39 is 11.7 Å². The predicted octanol–water partition coefficient (Wildman–Crippen LogP) is 2.34. The normalized spacial score (nSPS) is 23.2. The summed E-state index contributed by atoms with van der Waals surface area (Å²) in [5.41, 5.74) is 6.26. The van der Waals surface area contributed by atoms with Crippen molar-refractivity contribution in [3.63, 3.8) is 0 Å². The van der Waals surface area contributed by atoms with E-state index in [2.05, 4.69) is 23.8 Å². The Kier molecular flexibility index (Phi) is 4.91. The molecule has 0 aromatic heterocycles. The van der Waals surface area contributed by atoms with Crippen molar-refractivity contribution in [2.24, 2.45) is 5.73 Å². The SMILES string of the molecule is CC1CN(C)CCN1CC(N)c1ccc(C(F)(F)F)cc1. The summed E-state index contributed by atoms with van der Waals surface area (Å²) in [7, 11) is 2.09. The molecule has 1 aliphatic rings. The predicted molar refractivity (Wildman–Crippen MR) is 76.9 cm³/mol. The van der Waals surface area contributed by atoms with E-state index >= 15 is 0 Å². The molecule has 0 spiro atoms. The number of alkyl halides is 3. The van der Waals surface area contributed by atoms with Gasteiger partial charge in [-0.3, -0.25) is 4.90 Å². The van der Waals surface area contributed by atoms with Gasteiger partial charge in [0.25, 0.3) is 0 Å². The zero-order valence-electron chi connectivity index (χ0n) is 12.4. The maximum atomic E-state index is 12.5. The molecule has 2 atom stereocenters. The van der Waals surface area contributed by atoms with Crippen molar-refractivity contribution in [2.75, 3.05) is 33.2 Å². The van der Waals surface area contributed by atoms with Crippen molar-refractivity contribution >= 4 is 0 Å². The average Bonchev–Trinajstić information content (AvgIpc) is 2.41. The number of benzene rings is 1. The van der Waals surface area contributed by atoms with Crippen molar-refractivity contribution < 1.29 is 13.2 Å². The number of nitrogens with zero attached hydrogens (tertiary/aromatic N) is 2. The fraction of sp³-hybridized carbons (Fsp3) is 0.600. The Hall–Kier alpha value is -1.11. The van der Waals surface area contributed by atoms with Gasteiger partial charge in [-0.25, -0.2) is 0 Å². The molecule has 1 heterocycles. The summed E-state index contributed by atoms with van der Waals surface area (Å²) in [6.07, 6.45) is -4.30. The molecule has 3 nitrogen and oxygen atoms in total. The molecule has 1 saturated heterocycles. The van der Waals surface area contributed by atoms with Gasteiger partial charge < -0.3 is 10.6 Å². The molecule has 2 N–H and O–H groups in total. The van der Waals surface area contributed by atoms with Gasteiger partial charge in [0.1, 0.15) is 0 Å². The van der Waals surface area contributed by atoms with Crippen molar-refractivity contribution in [3.05, 3.63) is 35.4 Å². The van der Waals surface area contributed by atoms with Crippen molar-refractivity contribution in [1.82, 2.24) is 9.80 Å². The summed E-state index contributed by atoms with van der Waals surface area (Å²) in [4.78, 5) is 4.56. The fourth-order valence-electron chi connectivity index (χ4n) is 2.73. The van der Waals surface area contributed by atoms with Gasteiger partial charge in [0.05, 0.1) is 5.56 Å². The summed E-state index contributed by atoms with van der Waals surface area (Å²) in [6.45, 7) is 5.73. The lowest BCUT2D eigenvalue weighted by Gasteiger charge is -2.39. The number of rotatable bonds is 3. The molecule has 1 aromatic carbocycles. The van der Waals surface area contributed by atoms with Crippen LogP contribution in [0.3, 0.4) is 0 Å². The first-order valence-corrected chi connectivity index (χ1v) is 7.12. The molecular weight excluding hydrogens is 279 g/mol. The molecule has 1 aromatic rings. The number of hydrogen-bond donors (Lipinski definition) is 1. The maximum Gasteiger partial charge on any atom is 0.416 e. The molecule has 2 rings (SSSR count). The Labute approximate surface area is 123 Å². The lowest BCUT2D eigenvalue weighted by atomic mass is 10.0. The first-order chi connectivity index (χ1) is 9.77. The van der Waals surface area contributed by atoms with Gasteiger partial charge in [0.2, 0.25) is 0 Å². The topological polar surface area (TPSA) is 32.5 Å². The first kappa shape index (κ1) is 16.3. The van der Waals surface area contributed by atoms with Crippen molar-refractivity contribution in [1.29, 1.82) is 0 Å². The van der Waals surface area contributed by atoms with Gasteiger partial charge in [-0.2, -0.15) is 13.2 Å². The average molecular weight is 301 g/mol. The van der Waals surface area contributed by atoms with E-state index in [0.29, 0.717) is 12.6 Å². The molecule has 2 unspecified atom stereocenters. The number of piperazine rings is 1. The van der Waals surface area contributed by atoms with Gasteiger partial charge in [-0.15, -0.1) is 0 Å². The molecule has 1 fully saturated rings. The fourth-order valence-corrected chi connectivity index (χ4v) is 2.73. The van der Waals surface area contributed by atoms with E-state index in [1.54, 1.807) is 0 Å². The van der Waals surface area contributed by atoms with Crippen LogP contribution in [0.25, 0.3) is 0 Å². The minimum absolute atomic E-state index is 0.266. The standard InChI is InChI=1S/C15H22F3N3/c1-11-9-20(2)7-8-21(11)10-14(19)12-3-5-13(6-4-12)15(16,17)18/h3-6,11,14H,7-10,19H2,1-2H3. The summed E-state index contributed by atoms with van der Waals surface area (Å²) < 4.78 is 37.6. The van der Waals surface area contributed by atoms with Gasteiger partial charge >= 0.3 is 6.18 Å². The summed E-state index contributed by atoms with van der Waals surface area (Å²) in [5, 5.41) is 0. The van der Waals surface area contributed by atoms with E-state index in [4.69, 9.17) is 5.73 Å². The maximum absolute atomic E-state index is 12.5. The number of likely N-dealkylation sites (N-methyl/N-ethyl adjacent to an activating group) is 1. The molecule has 118 valence electrons. The quantitative estimate of drug-likeness (QED) is 0.930. The van der Waals surface area contributed by atoms with Crippen LogP contribution < -0.4 is 5.73 Å². The molecule has 1 aliphatic heterocycles. The van der Waals surface area contributed by atoms with Gasteiger partial charge in [-0.1, -0.05) is 12.1 Å². The van der Waals surface area contributed by atoms with Gasteiger partial charge in [-0.05, 0) is 31.7 Å². The largest absolute Gasteiger partial charge is 0.416 e. The van der Waals surface area contributed by atoms with Crippen LogP contribution in [0.2, 0.25) is 0 Å². The van der Waals surface area contributed by atoms with Crippen LogP contribution >= 0.6 is 0 Å². The Bertz CT molecular complexity index is 458. The summed E-state index contributed by atoms with van der Waals surface area (Å²) >= 11 is 0. The lowest BCUT2D eigenvalue weighted by Crippen LogP contribution is -2.52. The van der Waals surface area contributed by atoms with Gasteiger partial charge in [0.15, 0.2) is 0 Å². The molecule has 0 saturated carbocycles. The molecule has 21 heavy (non-hydrogen) atoms. The van der Waals surface area contributed by atoms with E-state index in [9.17, 15) is 13.2 Å². The number of halogens is 3. The minimum Gasteiger partial charge on any atom is -0.323 e. The van der Waals surface area contributed by atoms with Crippen LogP contribution in [-0.4, -0.2) is 49.1 Å². The van der Waals surface area contributed by atoms with Crippen LogP contribution in [0.15, 0.2) is 24.3 Å². The molecule has 6 heteroatoms. The molecule has 0 radical (unpaired) electrons. The second-order valence-corrected chi connectivity index (χ2v) is 5.83. The lowest BCUT2D eigenvalue weighted by molar-refractivity contribution is -0.137. The minimum atomic E-state index is -4.30. The Morgan fingerprint density at radius 2 is 1.86 bits per heavy atom. The van der Waals surface area contributed by atoms with Crippen LogP contribution in [0.4, 0.5) is 13.2 Å². The van der Waals surface area contributed by atoms with E-state index in [1.807, 2.05) is 0 Å². The molecule has 0 aliphatic carbocycles. The summed E-state index contributed by atoms with van der Waals surface area (Å²) in [6, 6.07) is 5.30. The highest BCUT2D eigenvalue weighted by atomic mass is 19.4. The Morgan fingerprint density at radius 1 is 1.24 bits per heavy atom. The third kappa shape index (κ3) is 4.18. The zero-order chi connectivity index (χ0) is 15.6. The highest BCUT2D eigenvalue weighted by Gasteiger charge is 2.30. The molecular formula is C15H22F3N3. The molecule has 0 bridgehead atoms. The van der Waals surface area contributed by atoms with Crippen LogP contribution in [0.1, 0.15) is 24.1 Å². The third-order valence-electron chi connectivity index (χ3n) is 4.07. The second kappa shape index (κ2) is 6.34. The van der Waals surface area contributed by atoms with Crippen LogP contribution in [-0.2, 0) is 6.18 Å². The van der Waals surface area contributed by atoms with Crippen LogP contribution in [0, 0.1) is 0 Å². The van der Waals surface area contributed by atoms with Crippen molar-refractivity contribution in [2.45, 2.75) is 25.2 Å². The Balaban J connectivity index is 1.98. The smallest absolute Gasteiger partial charge is 0.323 e. The number of nitrogens with two attached hydrogens (primary N) is 1. The zero-order valence-corrected chi connectivity index (χ0v) is 12.4. The Morgan fingerprint density at radius 3 is 2.38 bits per heavy atom. The summed E-state index contributed by atoms with van der Waals surface area (Å²) in [5.74, 6) is 0. The van der Waals surface area contributed by atoms with E-state index in [0.717, 1.165) is 37.3 Å².